The van der Waals surface area contributed by atoms with Crippen molar-refractivity contribution < 1.29 is 47.3 Å². The molecule has 4 nitrogen and oxygen atoms in total. The Hall–Kier alpha value is -0.0700. The van der Waals surface area contributed by atoms with Gasteiger partial charge in [0.1, 0.15) is 15.9 Å². The maximum absolute atomic E-state index is 11.9. The van der Waals surface area contributed by atoms with E-state index in [-0.39, 0.29) is 36.0 Å². The zero-order chi connectivity index (χ0) is 23.2. The molecule has 0 saturated carbocycles. The van der Waals surface area contributed by atoms with Crippen LogP contribution in [-0.4, -0.2) is 17.9 Å². The summed E-state index contributed by atoms with van der Waals surface area (Å²) in [6.07, 6.45) is 16.6. The van der Waals surface area contributed by atoms with Crippen molar-refractivity contribution in [3.63, 3.8) is 0 Å². The zero-order valence-corrected chi connectivity index (χ0v) is 24.2. The Morgan fingerprint density at radius 2 is 1.31 bits per heavy atom. The summed E-state index contributed by atoms with van der Waals surface area (Å²) < 4.78 is 41.5. The third kappa shape index (κ3) is 11.4. The first-order valence-corrected chi connectivity index (χ1v) is 13.9. The fraction of sp³-hybridized carbons (Fsp3) is 0.769. The molecule has 0 N–H and O–H groups in total. The predicted molar refractivity (Wildman–Crippen MR) is 130 cm³/mol. The molecule has 0 saturated heterocycles. The van der Waals surface area contributed by atoms with Crippen LogP contribution in [0.2, 0.25) is 0 Å². The van der Waals surface area contributed by atoms with Gasteiger partial charge in [-0.2, -0.15) is 0 Å². The van der Waals surface area contributed by atoms with Crippen LogP contribution in [-0.2, 0) is 23.0 Å². The normalized spacial score (nSPS) is 13.4. The van der Waals surface area contributed by atoms with Gasteiger partial charge < -0.3 is 9.29 Å². The Balaban J connectivity index is 0.00000961. The van der Waals surface area contributed by atoms with Crippen LogP contribution in [0.1, 0.15) is 122 Å². The van der Waals surface area contributed by atoms with E-state index in [0.717, 1.165) is 37.7 Å². The molecule has 0 amide bonds. The molecule has 0 spiro atoms. The van der Waals surface area contributed by atoms with Gasteiger partial charge in [-0.3, -0.25) is 0 Å². The fourth-order valence-electron chi connectivity index (χ4n) is 3.94. The van der Waals surface area contributed by atoms with Crippen molar-refractivity contribution >= 4 is 10.1 Å². The minimum absolute atomic E-state index is 0. The monoisotopic (exact) mass is 476 g/mol. The SMILES string of the molecule is CCCCCCCCc1cccc(OC(C)(CC)S(=O)(=O)[O-])c1CCCCCCCC.[Na+]. The molecule has 0 aliphatic carbocycles. The molecule has 0 aliphatic rings. The van der Waals surface area contributed by atoms with Gasteiger partial charge in [-0.05, 0) is 56.2 Å². The van der Waals surface area contributed by atoms with Crippen molar-refractivity contribution in [2.45, 2.75) is 129 Å². The Labute approximate surface area is 220 Å². The number of aryl methyl sites for hydroxylation is 1. The maximum atomic E-state index is 11.9. The van der Waals surface area contributed by atoms with Crippen molar-refractivity contribution in [1.29, 1.82) is 0 Å². The van der Waals surface area contributed by atoms with E-state index in [1.54, 1.807) is 6.92 Å². The summed E-state index contributed by atoms with van der Waals surface area (Å²) in [7, 11) is -4.58. The van der Waals surface area contributed by atoms with Crippen LogP contribution in [0.15, 0.2) is 18.2 Å². The van der Waals surface area contributed by atoms with Crippen LogP contribution < -0.4 is 34.3 Å². The Morgan fingerprint density at radius 1 is 0.812 bits per heavy atom. The first kappa shape index (κ1) is 31.9. The van der Waals surface area contributed by atoms with Crippen LogP contribution in [0.3, 0.4) is 0 Å². The maximum Gasteiger partial charge on any atom is 1.00 e. The molecular weight excluding hydrogens is 431 g/mol. The fourth-order valence-corrected chi connectivity index (χ4v) is 4.48. The molecule has 6 heteroatoms. The number of benzene rings is 1. The minimum Gasteiger partial charge on any atom is -0.745 e. The minimum atomic E-state index is -4.58. The second-order valence-corrected chi connectivity index (χ2v) is 10.7. The zero-order valence-electron chi connectivity index (χ0n) is 21.4. The average Bonchev–Trinajstić information content (AvgIpc) is 2.73. The number of rotatable bonds is 18. The molecule has 1 aromatic carbocycles. The molecule has 1 atom stereocenters. The van der Waals surface area contributed by atoms with E-state index in [0.29, 0.717) is 5.75 Å². The predicted octanol–water partition coefficient (Wildman–Crippen LogP) is 4.55. The Kier molecular flexibility index (Phi) is 17.3. The van der Waals surface area contributed by atoms with Gasteiger partial charge in [-0.15, -0.1) is 0 Å². The van der Waals surface area contributed by atoms with Crippen LogP contribution in [0.25, 0.3) is 0 Å². The summed E-state index contributed by atoms with van der Waals surface area (Å²) in [5, 5.41) is 0. The topological polar surface area (TPSA) is 66.4 Å². The Bertz CT molecular complexity index is 721. The first-order chi connectivity index (χ1) is 14.8. The molecule has 1 rings (SSSR count). The smallest absolute Gasteiger partial charge is 0.745 e. The molecule has 0 bridgehead atoms. The second kappa shape index (κ2) is 17.4. The molecule has 0 fully saturated rings. The van der Waals surface area contributed by atoms with E-state index in [2.05, 4.69) is 19.9 Å². The molecule has 0 radical (unpaired) electrons. The standard InChI is InChI=1S/C26H46O4S.Na/c1-5-8-10-12-14-16-19-23-20-18-22-25(30-26(4,7-3)31(27,28)29)24(23)21-17-15-13-11-9-6-2;/h18,20,22H,5-17,19,21H2,1-4H3,(H,27,28,29);/q;+1/p-1. The van der Waals surface area contributed by atoms with Gasteiger partial charge in [-0.25, -0.2) is 8.42 Å². The third-order valence-corrected chi connectivity index (χ3v) is 7.74. The quantitative estimate of drug-likeness (QED) is 0.177. The average molecular weight is 477 g/mol. The number of unbranched alkanes of at least 4 members (excludes halogenated alkanes) is 10. The van der Waals surface area contributed by atoms with E-state index in [1.165, 1.54) is 70.3 Å². The van der Waals surface area contributed by atoms with E-state index in [9.17, 15) is 13.0 Å². The van der Waals surface area contributed by atoms with Gasteiger partial charge >= 0.3 is 29.6 Å². The van der Waals surface area contributed by atoms with Crippen molar-refractivity contribution in [2.75, 3.05) is 0 Å². The van der Waals surface area contributed by atoms with Gasteiger partial charge in [0.2, 0.25) is 0 Å². The second-order valence-electron chi connectivity index (χ2n) is 8.97. The molecular formula is C26H45NaO4S. The van der Waals surface area contributed by atoms with Gasteiger partial charge in [-0.1, -0.05) is 97.1 Å². The van der Waals surface area contributed by atoms with Gasteiger partial charge in [0.05, 0.1) is 0 Å². The number of hydrogen-bond acceptors (Lipinski definition) is 4. The van der Waals surface area contributed by atoms with Gasteiger partial charge in [0.25, 0.3) is 0 Å². The number of hydrogen-bond donors (Lipinski definition) is 0. The van der Waals surface area contributed by atoms with Crippen LogP contribution in [0, 0.1) is 0 Å². The van der Waals surface area contributed by atoms with Crippen LogP contribution >= 0.6 is 0 Å². The number of ether oxygens (including phenoxy) is 1. The molecule has 1 aromatic rings. The molecule has 0 aliphatic heterocycles. The van der Waals surface area contributed by atoms with Crippen molar-refractivity contribution in [1.82, 2.24) is 0 Å². The summed E-state index contributed by atoms with van der Waals surface area (Å²) in [6, 6.07) is 5.90. The summed E-state index contributed by atoms with van der Waals surface area (Å²) in [5.41, 5.74) is 2.33. The van der Waals surface area contributed by atoms with E-state index in [4.69, 9.17) is 4.74 Å². The third-order valence-electron chi connectivity index (χ3n) is 6.31. The van der Waals surface area contributed by atoms with E-state index in [1.807, 2.05) is 12.1 Å². The summed E-state index contributed by atoms with van der Waals surface area (Å²) in [5.74, 6) is 0.570. The van der Waals surface area contributed by atoms with Crippen molar-refractivity contribution in [3.05, 3.63) is 29.3 Å². The molecule has 32 heavy (non-hydrogen) atoms. The Morgan fingerprint density at radius 3 is 1.81 bits per heavy atom. The first-order valence-electron chi connectivity index (χ1n) is 12.5. The van der Waals surface area contributed by atoms with Crippen molar-refractivity contribution in [2.24, 2.45) is 0 Å². The summed E-state index contributed by atoms with van der Waals surface area (Å²) >= 11 is 0. The summed E-state index contributed by atoms with van der Waals surface area (Å²) in [4.78, 5) is -1.73. The van der Waals surface area contributed by atoms with Crippen molar-refractivity contribution in [3.8, 4) is 5.75 Å². The molecule has 0 heterocycles. The largest absolute Gasteiger partial charge is 1.00 e. The molecule has 180 valence electrons. The van der Waals surface area contributed by atoms with Gasteiger partial charge in [0.15, 0.2) is 4.93 Å². The molecule has 1 unspecified atom stereocenters. The van der Waals surface area contributed by atoms with Crippen LogP contribution in [0.5, 0.6) is 5.75 Å². The van der Waals surface area contributed by atoms with Gasteiger partial charge in [0, 0.05) is 0 Å². The van der Waals surface area contributed by atoms with Crippen LogP contribution in [0.4, 0.5) is 0 Å². The van der Waals surface area contributed by atoms with E-state index < -0.39 is 15.1 Å². The summed E-state index contributed by atoms with van der Waals surface area (Å²) in [6.45, 7) is 7.52. The van der Waals surface area contributed by atoms with E-state index >= 15 is 0 Å². The molecule has 0 aromatic heterocycles.